The molecule has 2 rings (SSSR count). The van der Waals surface area contributed by atoms with Crippen LogP contribution in [0.1, 0.15) is 44.0 Å². The zero-order chi connectivity index (χ0) is 16.2. The van der Waals surface area contributed by atoms with Crippen molar-refractivity contribution < 1.29 is 19.0 Å². The number of hydrogen-bond acceptors (Lipinski definition) is 6. The van der Waals surface area contributed by atoms with Gasteiger partial charge in [0.2, 0.25) is 5.88 Å². The summed E-state index contributed by atoms with van der Waals surface area (Å²) in [6.07, 6.45) is 1.52. The van der Waals surface area contributed by atoms with Crippen molar-refractivity contribution in [2.45, 2.75) is 45.8 Å². The van der Waals surface area contributed by atoms with Crippen LogP contribution in [0.15, 0.2) is 6.07 Å². The molecule has 1 atom stereocenters. The van der Waals surface area contributed by atoms with Gasteiger partial charge in [-0.25, -0.2) is 9.78 Å². The summed E-state index contributed by atoms with van der Waals surface area (Å²) in [6, 6.07) is 3.76. The average molecular weight is 304 g/mol. The second-order valence-corrected chi connectivity index (χ2v) is 5.42. The van der Waals surface area contributed by atoms with Gasteiger partial charge in [0.15, 0.2) is 6.61 Å². The SMILES string of the molecule is CCOC(=O)COc1nc2c(cc1C#N)CO[C@](C)(CC)C2. The van der Waals surface area contributed by atoms with E-state index >= 15 is 0 Å². The Bertz CT molecular complexity index is 609. The molecule has 0 amide bonds. The molecule has 0 spiro atoms. The second-order valence-electron chi connectivity index (χ2n) is 5.42. The van der Waals surface area contributed by atoms with E-state index in [0.717, 1.165) is 17.7 Å². The number of nitriles is 1. The Morgan fingerprint density at radius 3 is 2.95 bits per heavy atom. The molecule has 1 aliphatic rings. The molecule has 6 nitrogen and oxygen atoms in total. The number of hydrogen-bond donors (Lipinski definition) is 0. The molecule has 118 valence electrons. The van der Waals surface area contributed by atoms with Gasteiger partial charge in [0, 0.05) is 12.0 Å². The Labute approximate surface area is 130 Å². The van der Waals surface area contributed by atoms with E-state index in [2.05, 4.69) is 11.9 Å². The van der Waals surface area contributed by atoms with Crippen LogP contribution in [0.25, 0.3) is 0 Å². The van der Waals surface area contributed by atoms with Crippen LogP contribution in [0, 0.1) is 11.3 Å². The molecule has 0 saturated carbocycles. The monoisotopic (exact) mass is 304 g/mol. The van der Waals surface area contributed by atoms with Gasteiger partial charge in [0.1, 0.15) is 11.6 Å². The summed E-state index contributed by atoms with van der Waals surface area (Å²) < 4.78 is 16.0. The first kappa shape index (κ1) is 16.2. The molecule has 0 saturated heterocycles. The van der Waals surface area contributed by atoms with Crippen molar-refractivity contribution in [1.29, 1.82) is 5.26 Å². The minimum atomic E-state index is -0.479. The minimum Gasteiger partial charge on any atom is -0.465 e. The lowest BCUT2D eigenvalue weighted by Crippen LogP contribution is -2.35. The fourth-order valence-electron chi connectivity index (χ4n) is 2.26. The lowest BCUT2D eigenvalue weighted by molar-refractivity contribution is -0.145. The van der Waals surface area contributed by atoms with Gasteiger partial charge in [0.05, 0.1) is 24.5 Å². The highest BCUT2D eigenvalue weighted by atomic mass is 16.6. The van der Waals surface area contributed by atoms with Crippen LogP contribution in [0.2, 0.25) is 0 Å². The Kier molecular flexibility index (Phi) is 4.99. The van der Waals surface area contributed by atoms with Crippen molar-refractivity contribution in [2.75, 3.05) is 13.2 Å². The van der Waals surface area contributed by atoms with Crippen LogP contribution < -0.4 is 4.74 Å². The van der Waals surface area contributed by atoms with E-state index in [-0.39, 0.29) is 24.7 Å². The third-order valence-electron chi connectivity index (χ3n) is 3.77. The van der Waals surface area contributed by atoms with Crippen LogP contribution in [0.3, 0.4) is 0 Å². The number of nitrogens with zero attached hydrogens (tertiary/aromatic N) is 2. The molecule has 1 aromatic rings. The van der Waals surface area contributed by atoms with Crippen LogP contribution in [-0.2, 0) is 27.3 Å². The largest absolute Gasteiger partial charge is 0.465 e. The zero-order valence-corrected chi connectivity index (χ0v) is 13.1. The molecule has 0 unspecified atom stereocenters. The number of carbonyl (C=O) groups is 1. The molecule has 2 heterocycles. The predicted octanol–water partition coefficient (Wildman–Crippen LogP) is 2.14. The van der Waals surface area contributed by atoms with Crippen LogP contribution in [0.4, 0.5) is 0 Å². The van der Waals surface area contributed by atoms with Gasteiger partial charge < -0.3 is 14.2 Å². The fourth-order valence-corrected chi connectivity index (χ4v) is 2.26. The third kappa shape index (κ3) is 3.55. The van der Waals surface area contributed by atoms with E-state index < -0.39 is 5.97 Å². The topological polar surface area (TPSA) is 81.4 Å². The van der Waals surface area contributed by atoms with Gasteiger partial charge in [-0.05, 0) is 26.3 Å². The fraction of sp³-hybridized carbons (Fsp3) is 0.562. The summed E-state index contributed by atoms with van der Waals surface area (Å²) in [5, 5.41) is 9.21. The summed E-state index contributed by atoms with van der Waals surface area (Å²) in [7, 11) is 0. The third-order valence-corrected chi connectivity index (χ3v) is 3.77. The number of esters is 1. The minimum absolute atomic E-state index is 0.176. The average Bonchev–Trinajstić information content (AvgIpc) is 2.52. The standard InChI is InChI=1S/C16H20N2O4/c1-4-16(3)7-13-12(9-22-16)6-11(8-17)15(18-13)21-10-14(19)20-5-2/h6H,4-5,7,9-10H2,1-3H3/t16-/m1/s1. The van der Waals surface area contributed by atoms with Gasteiger partial charge in [-0.15, -0.1) is 0 Å². The molecule has 22 heavy (non-hydrogen) atoms. The summed E-state index contributed by atoms with van der Waals surface area (Å²) in [5.74, 6) is -0.303. The quantitative estimate of drug-likeness (QED) is 0.775. The molecule has 6 heteroatoms. The Morgan fingerprint density at radius 1 is 1.55 bits per heavy atom. The highest BCUT2D eigenvalue weighted by molar-refractivity contribution is 5.71. The van der Waals surface area contributed by atoms with Gasteiger partial charge in [-0.3, -0.25) is 0 Å². The Balaban J connectivity index is 2.22. The maximum absolute atomic E-state index is 11.4. The van der Waals surface area contributed by atoms with Crippen molar-refractivity contribution in [3.8, 4) is 11.9 Å². The van der Waals surface area contributed by atoms with Crippen molar-refractivity contribution in [1.82, 2.24) is 4.98 Å². The van der Waals surface area contributed by atoms with E-state index in [1.807, 2.05) is 13.0 Å². The summed E-state index contributed by atoms with van der Waals surface area (Å²) in [5.41, 5.74) is 1.79. The molecule has 1 aliphatic heterocycles. The van der Waals surface area contributed by atoms with Crippen LogP contribution in [-0.4, -0.2) is 29.8 Å². The summed E-state index contributed by atoms with van der Waals surface area (Å²) in [6.45, 7) is 6.29. The number of rotatable bonds is 5. The lowest BCUT2D eigenvalue weighted by Gasteiger charge is -2.33. The Morgan fingerprint density at radius 2 is 2.32 bits per heavy atom. The molecule has 0 bridgehead atoms. The molecule has 0 N–H and O–H groups in total. The van der Waals surface area contributed by atoms with E-state index in [4.69, 9.17) is 14.2 Å². The van der Waals surface area contributed by atoms with E-state index in [1.54, 1.807) is 13.0 Å². The van der Waals surface area contributed by atoms with Crippen LogP contribution in [0.5, 0.6) is 5.88 Å². The van der Waals surface area contributed by atoms with E-state index in [9.17, 15) is 10.1 Å². The maximum Gasteiger partial charge on any atom is 0.344 e. The summed E-state index contributed by atoms with van der Waals surface area (Å²) >= 11 is 0. The molecule has 1 aromatic heterocycles. The normalized spacial score (nSPS) is 19.9. The first-order chi connectivity index (χ1) is 10.5. The highest BCUT2D eigenvalue weighted by Gasteiger charge is 2.31. The lowest BCUT2D eigenvalue weighted by atomic mass is 9.91. The van der Waals surface area contributed by atoms with Crippen molar-refractivity contribution >= 4 is 5.97 Å². The summed E-state index contributed by atoms with van der Waals surface area (Å²) in [4.78, 5) is 15.8. The molecular formula is C16H20N2O4. The van der Waals surface area contributed by atoms with E-state index in [1.165, 1.54) is 0 Å². The van der Waals surface area contributed by atoms with Crippen molar-refractivity contribution in [3.63, 3.8) is 0 Å². The number of fused-ring (bicyclic) bond motifs is 1. The zero-order valence-electron chi connectivity index (χ0n) is 13.1. The van der Waals surface area contributed by atoms with Gasteiger partial charge in [-0.2, -0.15) is 5.26 Å². The number of carbonyl (C=O) groups excluding carboxylic acids is 1. The molecular weight excluding hydrogens is 284 g/mol. The second kappa shape index (κ2) is 6.75. The number of ether oxygens (including phenoxy) is 3. The molecule has 0 radical (unpaired) electrons. The molecule has 0 aromatic carbocycles. The Hall–Kier alpha value is -2.13. The first-order valence-corrected chi connectivity index (χ1v) is 7.36. The maximum atomic E-state index is 11.4. The van der Waals surface area contributed by atoms with Crippen LogP contribution >= 0.6 is 0 Å². The molecule has 0 fully saturated rings. The van der Waals surface area contributed by atoms with Crippen molar-refractivity contribution in [3.05, 3.63) is 22.9 Å². The predicted molar refractivity (Wildman–Crippen MR) is 78.3 cm³/mol. The van der Waals surface area contributed by atoms with Crippen molar-refractivity contribution in [2.24, 2.45) is 0 Å². The smallest absolute Gasteiger partial charge is 0.344 e. The molecule has 0 aliphatic carbocycles. The first-order valence-electron chi connectivity index (χ1n) is 7.36. The van der Waals surface area contributed by atoms with Gasteiger partial charge in [0.25, 0.3) is 0 Å². The van der Waals surface area contributed by atoms with E-state index in [0.29, 0.717) is 18.6 Å². The van der Waals surface area contributed by atoms with Gasteiger partial charge >= 0.3 is 5.97 Å². The number of pyridine rings is 1. The van der Waals surface area contributed by atoms with Gasteiger partial charge in [-0.1, -0.05) is 6.92 Å². The highest BCUT2D eigenvalue weighted by Crippen LogP contribution is 2.31. The number of aromatic nitrogens is 1.